The van der Waals surface area contributed by atoms with E-state index in [1.54, 1.807) is 24.0 Å². The third-order valence-corrected chi connectivity index (χ3v) is 4.70. The molecule has 1 atom stereocenters. The highest BCUT2D eigenvalue weighted by molar-refractivity contribution is 6.32. The molecule has 1 aliphatic carbocycles. The van der Waals surface area contributed by atoms with Crippen LogP contribution in [0.15, 0.2) is 30.6 Å². The lowest BCUT2D eigenvalue weighted by Gasteiger charge is -2.17. The summed E-state index contributed by atoms with van der Waals surface area (Å²) in [5.74, 6) is 0.500. The smallest absolute Gasteiger partial charge is 0.246 e. The number of anilines is 1. The molecule has 1 aromatic heterocycles. The number of hydrogen-bond donors (Lipinski definition) is 2. The van der Waals surface area contributed by atoms with Gasteiger partial charge in [-0.1, -0.05) is 11.6 Å². The van der Waals surface area contributed by atoms with Gasteiger partial charge in [0.1, 0.15) is 11.8 Å². The van der Waals surface area contributed by atoms with Crippen LogP contribution in [0.5, 0.6) is 5.75 Å². The highest BCUT2D eigenvalue weighted by atomic mass is 35.5. The van der Waals surface area contributed by atoms with Gasteiger partial charge in [-0.05, 0) is 50.9 Å². The van der Waals surface area contributed by atoms with Crippen LogP contribution in [0.3, 0.4) is 0 Å². The molecule has 0 saturated heterocycles. The molecule has 2 N–H and O–H groups in total. The Hall–Kier alpha value is -2.05. The first-order valence-corrected chi connectivity index (χ1v) is 8.87. The number of benzene rings is 1. The van der Waals surface area contributed by atoms with Crippen LogP contribution >= 0.6 is 11.6 Å². The fourth-order valence-electron chi connectivity index (χ4n) is 3.11. The summed E-state index contributed by atoms with van der Waals surface area (Å²) in [7, 11) is 3.56. The van der Waals surface area contributed by atoms with Crippen molar-refractivity contribution in [2.45, 2.75) is 37.8 Å². The topological polar surface area (TPSA) is 68.2 Å². The number of nitrogens with one attached hydrogen (secondary N) is 2. The SMILES string of the molecule is CNC(C(=O)Nc1ccc(OC2CCCC2)c(Cl)c1)c1cnn(C)c1. The average molecular weight is 363 g/mol. The summed E-state index contributed by atoms with van der Waals surface area (Å²) in [5, 5.41) is 10.5. The molecule has 0 bridgehead atoms. The fourth-order valence-corrected chi connectivity index (χ4v) is 3.34. The summed E-state index contributed by atoms with van der Waals surface area (Å²) < 4.78 is 7.60. The number of aryl methyl sites for hydroxylation is 1. The minimum Gasteiger partial charge on any atom is -0.489 e. The molecule has 1 unspecified atom stereocenters. The van der Waals surface area contributed by atoms with Crippen molar-refractivity contribution in [2.24, 2.45) is 7.05 Å². The number of carbonyl (C=O) groups excluding carboxylic acids is 1. The van der Waals surface area contributed by atoms with Gasteiger partial charge in [0.05, 0.1) is 17.3 Å². The van der Waals surface area contributed by atoms with Gasteiger partial charge in [-0.25, -0.2) is 0 Å². The van der Waals surface area contributed by atoms with Crippen LogP contribution in [0.2, 0.25) is 5.02 Å². The van der Waals surface area contributed by atoms with E-state index in [1.165, 1.54) is 12.8 Å². The van der Waals surface area contributed by atoms with Crippen LogP contribution in [0.25, 0.3) is 0 Å². The van der Waals surface area contributed by atoms with Gasteiger partial charge in [-0.2, -0.15) is 5.10 Å². The standard InChI is InChI=1S/C18H23ClN4O2/c1-20-17(12-10-21-23(2)11-12)18(24)22-13-7-8-16(15(19)9-13)25-14-5-3-4-6-14/h7-11,14,17,20H,3-6H2,1-2H3,(H,22,24). The lowest BCUT2D eigenvalue weighted by molar-refractivity contribution is -0.118. The molecule has 1 aromatic carbocycles. The fraction of sp³-hybridized carbons (Fsp3) is 0.444. The van der Waals surface area contributed by atoms with Crippen molar-refractivity contribution in [3.8, 4) is 5.75 Å². The van der Waals surface area contributed by atoms with Crippen molar-refractivity contribution in [1.29, 1.82) is 0 Å². The number of nitrogens with zero attached hydrogens (tertiary/aromatic N) is 2. The molecule has 7 heteroatoms. The van der Waals surface area contributed by atoms with Crippen LogP contribution in [0.1, 0.15) is 37.3 Å². The minimum atomic E-state index is -0.484. The zero-order valence-corrected chi connectivity index (χ0v) is 15.2. The van der Waals surface area contributed by atoms with E-state index in [9.17, 15) is 4.79 Å². The molecule has 3 rings (SSSR count). The molecule has 0 radical (unpaired) electrons. The van der Waals surface area contributed by atoms with Crippen molar-refractivity contribution in [3.63, 3.8) is 0 Å². The minimum absolute atomic E-state index is 0.170. The molecule has 2 aromatic rings. The Morgan fingerprint density at radius 2 is 2.16 bits per heavy atom. The molecule has 1 heterocycles. The number of amides is 1. The summed E-state index contributed by atoms with van der Waals surface area (Å²) in [5.41, 5.74) is 1.44. The predicted octanol–water partition coefficient (Wildman–Crippen LogP) is 3.29. The van der Waals surface area contributed by atoms with E-state index < -0.39 is 6.04 Å². The van der Waals surface area contributed by atoms with E-state index in [1.807, 2.05) is 25.4 Å². The molecule has 6 nitrogen and oxygen atoms in total. The van der Waals surface area contributed by atoms with Crippen molar-refractivity contribution >= 4 is 23.2 Å². The molecule has 1 amide bonds. The number of likely N-dealkylation sites (N-methyl/N-ethyl adjacent to an activating group) is 1. The van der Waals surface area contributed by atoms with Crippen molar-refractivity contribution in [1.82, 2.24) is 15.1 Å². The second-order valence-electron chi connectivity index (χ2n) is 6.33. The van der Waals surface area contributed by atoms with Gasteiger partial charge in [0, 0.05) is 24.5 Å². The first-order valence-electron chi connectivity index (χ1n) is 8.49. The third-order valence-electron chi connectivity index (χ3n) is 4.40. The Labute approximate surface area is 152 Å². The number of hydrogen-bond acceptors (Lipinski definition) is 4. The zero-order chi connectivity index (χ0) is 17.8. The molecule has 1 saturated carbocycles. The van der Waals surface area contributed by atoms with Crippen LogP contribution in [0, 0.1) is 0 Å². The number of carbonyl (C=O) groups is 1. The Kier molecular flexibility index (Phi) is 5.60. The summed E-state index contributed by atoms with van der Waals surface area (Å²) in [6.07, 6.45) is 8.29. The van der Waals surface area contributed by atoms with E-state index in [0.717, 1.165) is 18.4 Å². The lowest BCUT2D eigenvalue weighted by Crippen LogP contribution is -2.30. The summed E-state index contributed by atoms with van der Waals surface area (Å²) >= 11 is 6.32. The van der Waals surface area contributed by atoms with Gasteiger partial charge in [0.25, 0.3) is 0 Å². The quantitative estimate of drug-likeness (QED) is 0.827. The van der Waals surface area contributed by atoms with Gasteiger partial charge in [0.15, 0.2) is 0 Å². The molecule has 0 spiro atoms. The van der Waals surface area contributed by atoms with Crippen molar-refractivity contribution in [2.75, 3.05) is 12.4 Å². The van der Waals surface area contributed by atoms with Crippen LogP contribution in [-0.4, -0.2) is 28.8 Å². The maximum Gasteiger partial charge on any atom is 0.246 e. The maximum atomic E-state index is 12.5. The molecular formula is C18H23ClN4O2. The molecule has 1 aliphatic rings. The van der Waals surface area contributed by atoms with E-state index in [4.69, 9.17) is 16.3 Å². The molecule has 0 aliphatic heterocycles. The highest BCUT2D eigenvalue weighted by Crippen LogP contribution is 2.32. The molecule has 25 heavy (non-hydrogen) atoms. The van der Waals surface area contributed by atoms with E-state index in [-0.39, 0.29) is 12.0 Å². The van der Waals surface area contributed by atoms with Crippen LogP contribution in [-0.2, 0) is 11.8 Å². The van der Waals surface area contributed by atoms with E-state index in [2.05, 4.69) is 15.7 Å². The number of halogens is 1. The highest BCUT2D eigenvalue weighted by Gasteiger charge is 2.21. The largest absolute Gasteiger partial charge is 0.489 e. The summed E-state index contributed by atoms with van der Waals surface area (Å²) in [6.45, 7) is 0. The third kappa shape index (κ3) is 4.32. The Morgan fingerprint density at radius 1 is 1.40 bits per heavy atom. The van der Waals surface area contributed by atoms with Gasteiger partial charge < -0.3 is 15.4 Å². The second kappa shape index (κ2) is 7.89. The van der Waals surface area contributed by atoms with Gasteiger partial charge in [-0.3, -0.25) is 9.48 Å². The van der Waals surface area contributed by atoms with Crippen LogP contribution < -0.4 is 15.4 Å². The van der Waals surface area contributed by atoms with E-state index >= 15 is 0 Å². The summed E-state index contributed by atoms with van der Waals surface area (Å²) in [4.78, 5) is 12.5. The van der Waals surface area contributed by atoms with Gasteiger partial charge >= 0.3 is 0 Å². The predicted molar refractivity (Wildman–Crippen MR) is 98.0 cm³/mol. The maximum absolute atomic E-state index is 12.5. The first-order chi connectivity index (χ1) is 12.1. The Bertz CT molecular complexity index is 740. The average Bonchev–Trinajstić information content (AvgIpc) is 3.23. The number of aromatic nitrogens is 2. The van der Waals surface area contributed by atoms with Crippen LogP contribution in [0.4, 0.5) is 5.69 Å². The Balaban J connectivity index is 1.67. The second-order valence-corrected chi connectivity index (χ2v) is 6.73. The molecule has 1 fully saturated rings. The normalized spacial score (nSPS) is 16.0. The first kappa shape index (κ1) is 17.8. The van der Waals surface area contributed by atoms with Crippen molar-refractivity contribution < 1.29 is 9.53 Å². The van der Waals surface area contributed by atoms with E-state index in [0.29, 0.717) is 16.5 Å². The van der Waals surface area contributed by atoms with Gasteiger partial charge in [0.2, 0.25) is 5.91 Å². The Morgan fingerprint density at radius 3 is 2.76 bits per heavy atom. The van der Waals surface area contributed by atoms with Crippen molar-refractivity contribution in [3.05, 3.63) is 41.2 Å². The summed E-state index contributed by atoms with van der Waals surface area (Å²) in [6, 6.07) is 4.86. The molecule has 134 valence electrons. The lowest BCUT2D eigenvalue weighted by atomic mass is 10.1. The van der Waals surface area contributed by atoms with Gasteiger partial charge in [-0.15, -0.1) is 0 Å². The zero-order valence-electron chi connectivity index (χ0n) is 14.5. The monoisotopic (exact) mass is 362 g/mol. The number of ether oxygens (including phenoxy) is 1. The number of rotatable bonds is 6. The molecular weight excluding hydrogens is 340 g/mol.